The summed E-state index contributed by atoms with van der Waals surface area (Å²) in [7, 11) is 0. The van der Waals surface area contributed by atoms with Gasteiger partial charge in [-0.3, -0.25) is 0 Å². The number of thiophene rings is 1. The molecule has 2 heteroatoms. The second-order valence-corrected chi connectivity index (χ2v) is 8.04. The van der Waals surface area contributed by atoms with Gasteiger partial charge in [-0.1, -0.05) is 52.0 Å². The van der Waals surface area contributed by atoms with E-state index in [2.05, 4.69) is 77.2 Å². The Morgan fingerprint density at radius 1 is 1.10 bits per heavy atom. The zero-order chi connectivity index (χ0) is 15.6. The SMILES string of the molecule is CCNC(c1ccc(C(C)(C)C)cc1)c1cc(C)c(C)s1. The van der Waals surface area contributed by atoms with E-state index in [9.17, 15) is 0 Å². The van der Waals surface area contributed by atoms with Crippen LogP contribution in [0.1, 0.15) is 60.2 Å². The fourth-order valence-electron chi connectivity index (χ4n) is 2.51. The van der Waals surface area contributed by atoms with Gasteiger partial charge in [0.1, 0.15) is 0 Å². The van der Waals surface area contributed by atoms with Gasteiger partial charge < -0.3 is 5.32 Å². The quantitative estimate of drug-likeness (QED) is 0.801. The molecule has 0 fully saturated rings. The summed E-state index contributed by atoms with van der Waals surface area (Å²) in [6.07, 6.45) is 0. The highest BCUT2D eigenvalue weighted by molar-refractivity contribution is 7.12. The molecule has 0 aliphatic carbocycles. The van der Waals surface area contributed by atoms with Crippen molar-refractivity contribution >= 4 is 11.3 Å². The Kier molecular flexibility index (Phi) is 4.90. The molecule has 0 spiro atoms. The van der Waals surface area contributed by atoms with Gasteiger partial charge in [0.2, 0.25) is 0 Å². The third-order valence-electron chi connectivity index (χ3n) is 3.99. The van der Waals surface area contributed by atoms with Crippen LogP contribution in [0, 0.1) is 13.8 Å². The molecule has 0 saturated heterocycles. The molecule has 0 radical (unpaired) electrons. The normalized spacial score (nSPS) is 13.4. The van der Waals surface area contributed by atoms with Crippen molar-refractivity contribution < 1.29 is 0 Å². The first-order valence-corrected chi connectivity index (χ1v) is 8.55. The van der Waals surface area contributed by atoms with Gasteiger partial charge in [0.25, 0.3) is 0 Å². The van der Waals surface area contributed by atoms with Crippen molar-refractivity contribution in [1.29, 1.82) is 0 Å². The van der Waals surface area contributed by atoms with E-state index in [0.717, 1.165) is 6.54 Å². The predicted octanol–water partition coefficient (Wildman–Crippen LogP) is 5.36. The maximum absolute atomic E-state index is 3.62. The fourth-order valence-corrected chi connectivity index (χ4v) is 3.65. The monoisotopic (exact) mass is 301 g/mol. The first-order valence-electron chi connectivity index (χ1n) is 7.73. The van der Waals surface area contributed by atoms with Crippen molar-refractivity contribution in [3.63, 3.8) is 0 Å². The molecule has 1 aromatic heterocycles. The Morgan fingerprint density at radius 2 is 1.71 bits per heavy atom. The smallest absolute Gasteiger partial charge is 0.0671 e. The fraction of sp³-hybridized carbons (Fsp3) is 0.474. The van der Waals surface area contributed by atoms with Crippen LogP contribution < -0.4 is 5.32 Å². The summed E-state index contributed by atoms with van der Waals surface area (Å²) in [6, 6.07) is 11.7. The molecule has 114 valence electrons. The molecule has 0 bridgehead atoms. The zero-order valence-electron chi connectivity index (χ0n) is 14.1. The highest BCUT2D eigenvalue weighted by atomic mass is 32.1. The van der Waals surface area contributed by atoms with E-state index in [-0.39, 0.29) is 5.41 Å². The van der Waals surface area contributed by atoms with Gasteiger partial charge >= 0.3 is 0 Å². The lowest BCUT2D eigenvalue weighted by Crippen LogP contribution is -2.21. The van der Waals surface area contributed by atoms with Gasteiger partial charge in [-0.05, 0) is 48.6 Å². The van der Waals surface area contributed by atoms with Crippen LogP contribution in [0.2, 0.25) is 0 Å². The second kappa shape index (κ2) is 6.33. The summed E-state index contributed by atoms with van der Waals surface area (Å²) < 4.78 is 0. The maximum atomic E-state index is 3.62. The van der Waals surface area contributed by atoms with Crippen LogP contribution in [0.25, 0.3) is 0 Å². The maximum Gasteiger partial charge on any atom is 0.0671 e. The van der Waals surface area contributed by atoms with Gasteiger partial charge in [0.15, 0.2) is 0 Å². The van der Waals surface area contributed by atoms with E-state index in [1.54, 1.807) is 0 Å². The van der Waals surface area contributed by atoms with Crippen LogP contribution in [0.15, 0.2) is 30.3 Å². The Labute approximate surface area is 133 Å². The topological polar surface area (TPSA) is 12.0 Å². The number of aryl methyl sites for hydroxylation is 2. The van der Waals surface area contributed by atoms with E-state index in [0.29, 0.717) is 6.04 Å². The third-order valence-corrected chi connectivity index (χ3v) is 5.21. The molecule has 1 N–H and O–H groups in total. The van der Waals surface area contributed by atoms with Crippen LogP contribution in [-0.4, -0.2) is 6.54 Å². The molecule has 2 aromatic rings. The van der Waals surface area contributed by atoms with Crippen LogP contribution in [0.5, 0.6) is 0 Å². The van der Waals surface area contributed by atoms with E-state index >= 15 is 0 Å². The lowest BCUT2D eigenvalue weighted by Gasteiger charge is -2.21. The Hall–Kier alpha value is -1.12. The minimum absolute atomic E-state index is 0.211. The number of nitrogens with one attached hydrogen (secondary N) is 1. The summed E-state index contributed by atoms with van der Waals surface area (Å²) in [5, 5.41) is 3.62. The molecule has 0 saturated carbocycles. The molecule has 1 nitrogen and oxygen atoms in total. The second-order valence-electron chi connectivity index (χ2n) is 6.75. The summed E-state index contributed by atoms with van der Waals surface area (Å²) >= 11 is 1.90. The highest BCUT2D eigenvalue weighted by Crippen LogP contribution is 2.32. The standard InChI is InChI=1S/C19H27NS/c1-7-20-18(17-12-13(2)14(3)21-17)15-8-10-16(11-9-15)19(4,5)6/h8-12,18,20H,7H2,1-6H3. The minimum atomic E-state index is 0.211. The molecule has 2 rings (SSSR count). The van der Waals surface area contributed by atoms with Crippen molar-refractivity contribution in [1.82, 2.24) is 5.32 Å². The van der Waals surface area contributed by atoms with Gasteiger partial charge in [0.05, 0.1) is 6.04 Å². The van der Waals surface area contributed by atoms with Crippen LogP contribution in [0.3, 0.4) is 0 Å². The molecule has 1 atom stereocenters. The summed E-state index contributed by atoms with van der Waals surface area (Å²) in [4.78, 5) is 2.83. The van der Waals surface area contributed by atoms with E-state index in [4.69, 9.17) is 0 Å². The molecule has 0 aliphatic rings. The van der Waals surface area contributed by atoms with Crippen molar-refractivity contribution in [3.8, 4) is 0 Å². The summed E-state index contributed by atoms with van der Waals surface area (Å²) in [5.41, 5.74) is 4.35. The number of hydrogen-bond acceptors (Lipinski definition) is 2. The number of benzene rings is 1. The average molecular weight is 301 g/mol. The van der Waals surface area contributed by atoms with Gasteiger partial charge in [-0.15, -0.1) is 11.3 Å². The van der Waals surface area contributed by atoms with Gasteiger partial charge in [-0.2, -0.15) is 0 Å². The van der Waals surface area contributed by atoms with Crippen LogP contribution in [0.4, 0.5) is 0 Å². The van der Waals surface area contributed by atoms with Crippen LogP contribution in [-0.2, 0) is 5.41 Å². The molecular weight excluding hydrogens is 274 g/mol. The van der Waals surface area contributed by atoms with Crippen molar-refractivity contribution in [2.75, 3.05) is 6.54 Å². The molecule has 1 heterocycles. The first-order chi connectivity index (χ1) is 9.82. The zero-order valence-corrected chi connectivity index (χ0v) is 14.9. The van der Waals surface area contributed by atoms with E-state index in [1.165, 1.54) is 26.4 Å². The number of rotatable bonds is 4. The predicted molar refractivity (Wildman–Crippen MR) is 94.5 cm³/mol. The van der Waals surface area contributed by atoms with Crippen molar-refractivity contribution in [2.24, 2.45) is 0 Å². The molecule has 1 aromatic carbocycles. The van der Waals surface area contributed by atoms with Gasteiger partial charge in [-0.25, -0.2) is 0 Å². The van der Waals surface area contributed by atoms with E-state index in [1.807, 2.05) is 11.3 Å². The highest BCUT2D eigenvalue weighted by Gasteiger charge is 2.18. The van der Waals surface area contributed by atoms with Crippen LogP contribution >= 0.6 is 11.3 Å². The Balaban J connectivity index is 2.34. The molecule has 21 heavy (non-hydrogen) atoms. The number of hydrogen-bond donors (Lipinski definition) is 1. The summed E-state index contributed by atoms with van der Waals surface area (Å²) in [5.74, 6) is 0. The Bertz CT molecular complexity index is 568. The lowest BCUT2D eigenvalue weighted by molar-refractivity contribution is 0.588. The average Bonchev–Trinajstić information content (AvgIpc) is 2.75. The van der Waals surface area contributed by atoms with Crippen molar-refractivity contribution in [3.05, 3.63) is 56.8 Å². The molecule has 0 amide bonds. The van der Waals surface area contributed by atoms with E-state index < -0.39 is 0 Å². The summed E-state index contributed by atoms with van der Waals surface area (Å²) in [6.45, 7) is 14.3. The molecular formula is C19H27NS. The largest absolute Gasteiger partial charge is 0.306 e. The molecule has 1 unspecified atom stereocenters. The molecule has 0 aliphatic heterocycles. The third kappa shape index (κ3) is 3.75. The minimum Gasteiger partial charge on any atom is -0.306 e. The van der Waals surface area contributed by atoms with Gasteiger partial charge in [0, 0.05) is 9.75 Å². The lowest BCUT2D eigenvalue weighted by atomic mass is 9.86. The first kappa shape index (κ1) is 16.3. The van der Waals surface area contributed by atoms with Crippen molar-refractivity contribution in [2.45, 2.75) is 53.0 Å². The Morgan fingerprint density at radius 3 is 2.14 bits per heavy atom.